The molecule has 10 radical (unpaired) electrons. The van der Waals surface area contributed by atoms with Crippen LogP contribution in [0.25, 0.3) is 0 Å². The third kappa shape index (κ3) is 52.0. The Morgan fingerprint density at radius 1 is 0.100 bits per heavy atom. The van der Waals surface area contributed by atoms with E-state index < -0.39 is 0 Å². The van der Waals surface area contributed by atoms with Crippen LogP contribution in [0.3, 0.4) is 0 Å². The Balaban J connectivity index is 0. The largest absolute Gasteiger partial charge is 0 e. The molecule has 0 unspecified atom stereocenters. The summed E-state index contributed by atoms with van der Waals surface area (Å²) < 4.78 is 0. The second-order valence-corrected chi connectivity index (χ2v) is 0. The van der Waals surface area contributed by atoms with Gasteiger partial charge in [-0.1, -0.05) is 0 Å². The number of rotatable bonds is 0. The molecule has 0 nitrogen and oxygen atoms in total. The second-order valence-electron chi connectivity index (χ2n) is 0. The Morgan fingerprint density at radius 2 is 0.100 bits per heavy atom. The van der Waals surface area contributed by atoms with Crippen LogP contribution in [-0.2, 0) is 0 Å². The van der Waals surface area contributed by atoms with Gasteiger partial charge in [0.15, 0.2) is 0 Å². The fourth-order valence-corrected chi connectivity index (χ4v) is 0. The zero-order chi connectivity index (χ0) is 0. The average Bonchev–Trinajstić information content (AvgIpc) is 0. The van der Waals surface area contributed by atoms with Crippen LogP contribution in [0.1, 0.15) is 0 Å². The molecule has 10 heavy (non-hydrogen) atoms. The molecule has 0 spiro atoms. The summed E-state index contributed by atoms with van der Waals surface area (Å²) in [5.74, 6) is 0. The van der Waals surface area contributed by atoms with Gasteiger partial charge in [0.2, 0.25) is 0 Å². The molecule has 0 aliphatic carbocycles. The summed E-state index contributed by atoms with van der Waals surface area (Å²) in [6, 6.07) is 0. The van der Waals surface area contributed by atoms with Crippen LogP contribution < -0.4 is 0 Å². The van der Waals surface area contributed by atoms with Crippen LogP contribution in [0.2, 0.25) is 0 Å². The summed E-state index contributed by atoms with van der Waals surface area (Å²) >= 11 is 0. The summed E-state index contributed by atoms with van der Waals surface area (Å²) in [6.45, 7) is 0. The first-order valence-corrected chi connectivity index (χ1v) is 0. The summed E-state index contributed by atoms with van der Waals surface area (Å²) in [4.78, 5) is 0. The molecule has 0 aromatic carbocycles. The molecule has 0 aromatic rings. The molecular formula is Na10. The van der Waals surface area contributed by atoms with Gasteiger partial charge in [0.1, 0.15) is 0 Å². The second kappa shape index (κ2) is 61.6. The first-order chi connectivity index (χ1) is 0. The molecule has 0 aromatic heterocycles. The Hall–Kier alpha value is 10.0. The third-order valence-electron chi connectivity index (χ3n) is 0. The van der Waals surface area contributed by atoms with E-state index in [-0.39, 0.29) is 296 Å². The Morgan fingerprint density at radius 3 is 0.100 bits per heavy atom. The molecule has 0 rings (SSSR count). The zero-order valence-corrected chi connectivity index (χ0v) is 30.0. The van der Waals surface area contributed by atoms with Gasteiger partial charge in [-0.25, -0.2) is 0 Å². The molecule has 10 valence electrons. The van der Waals surface area contributed by atoms with Gasteiger partial charge in [-0.15, -0.1) is 0 Å². The minimum atomic E-state index is 0. The first kappa shape index (κ1) is 72.2. The maximum Gasteiger partial charge on any atom is 0 e. The van der Waals surface area contributed by atoms with Crippen molar-refractivity contribution in [3.8, 4) is 0 Å². The van der Waals surface area contributed by atoms with Crippen LogP contribution in [0, 0.1) is 0 Å². The molecule has 0 N–H and O–H groups in total. The van der Waals surface area contributed by atoms with Crippen molar-refractivity contribution in [2.24, 2.45) is 0 Å². The van der Waals surface area contributed by atoms with E-state index in [1.807, 2.05) is 0 Å². The predicted molar refractivity (Wildman–Crippen MR) is 57.5 cm³/mol. The van der Waals surface area contributed by atoms with Crippen LogP contribution in [0.15, 0.2) is 0 Å². The Kier molecular flexibility index (Phi) is 444. The van der Waals surface area contributed by atoms with Crippen molar-refractivity contribution in [1.29, 1.82) is 0 Å². The molecule has 0 atom stereocenters. The Labute approximate surface area is 286 Å². The summed E-state index contributed by atoms with van der Waals surface area (Å²) in [5, 5.41) is 0. The van der Waals surface area contributed by atoms with Crippen molar-refractivity contribution in [2.45, 2.75) is 0 Å². The van der Waals surface area contributed by atoms with Gasteiger partial charge in [0.05, 0.1) is 0 Å². The molecule has 0 amide bonds. The molecule has 0 aliphatic heterocycles. The van der Waals surface area contributed by atoms with E-state index in [4.69, 9.17) is 0 Å². The normalized spacial score (nSPS) is 0. The molecule has 0 fully saturated rings. The summed E-state index contributed by atoms with van der Waals surface area (Å²) in [7, 11) is 0. The Bertz CT molecular complexity index is 0. The summed E-state index contributed by atoms with van der Waals surface area (Å²) in [5.41, 5.74) is 0. The zero-order valence-electron chi connectivity index (χ0n) is 10.0. The summed E-state index contributed by atoms with van der Waals surface area (Å²) in [6.07, 6.45) is 0. The van der Waals surface area contributed by atoms with E-state index in [1.54, 1.807) is 0 Å². The van der Waals surface area contributed by atoms with E-state index in [0.717, 1.165) is 0 Å². The minimum Gasteiger partial charge on any atom is 0 e. The molecule has 0 aliphatic rings. The SMILES string of the molecule is [Na].[Na].[Na].[Na].[Na].[Na].[Na].[Na].[Na].[Na]. The van der Waals surface area contributed by atoms with Crippen LogP contribution in [0.4, 0.5) is 0 Å². The van der Waals surface area contributed by atoms with E-state index in [0.29, 0.717) is 0 Å². The molecule has 0 saturated heterocycles. The van der Waals surface area contributed by atoms with E-state index in [2.05, 4.69) is 0 Å². The molecule has 0 heterocycles. The van der Waals surface area contributed by atoms with Crippen molar-refractivity contribution < 1.29 is 0 Å². The number of hydrogen-bond donors (Lipinski definition) is 0. The van der Waals surface area contributed by atoms with E-state index in [9.17, 15) is 0 Å². The van der Waals surface area contributed by atoms with Crippen LogP contribution in [0.5, 0.6) is 0 Å². The maximum atomic E-state index is 0. The monoisotopic (exact) mass is 230 g/mol. The van der Waals surface area contributed by atoms with Crippen LogP contribution >= 0.6 is 0 Å². The van der Waals surface area contributed by atoms with Crippen molar-refractivity contribution in [3.63, 3.8) is 0 Å². The molecule has 10 heteroatoms. The third-order valence-corrected chi connectivity index (χ3v) is 0. The van der Waals surface area contributed by atoms with Gasteiger partial charge < -0.3 is 0 Å². The van der Waals surface area contributed by atoms with Gasteiger partial charge in [-0.2, -0.15) is 0 Å². The first-order valence-electron chi connectivity index (χ1n) is 0. The van der Waals surface area contributed by atoms with Gasteiger partial charge in [-0.05, 0) is 0 Å². The fraction of sp³-hybridized carbons (Fsp3) is 0. The topological polar surface area (TPSA) is 0 Å². The standard InChI is InChI=1S/10Na. The smallest absolute Gasteiger partial charge is 0 e. The fourth-order valence-electron chi connectivity index (χ4n) is 0. The maximum absolute atomic E-state index is 0. The molecule has 0 bridgehead atoms. The van der Waals surface area contributed by atoms with E-state index >= 15 is 0 Å². The van der Waals surface area contributed by atoms with Crippen molar-refractivity contribution in [3.05, 3.63) is 0 Å². The van der Waals surface area contributed by atoms with Crippen molar-refractivity contribution in [1.82, 2.24) is 0 Å². The van der Waals surface area contributed by atoms with E-state index in [1.165, 1.54) is 0 Å². The predicted octanol–water partition coefficient (Wildman–Crippen LogP) is -3.81. The number of hydrogen-bond acceptors (Lipinski definition) is 0. The quantitative estimate of drug-likeness (QED) is 0.374. The van der Waals surface area contributed by atoms with Gasteiger partial charge in [-0.3, -0.25) is 0 Å². The molecular weight excluding hydrogens is 230 g/mol. The van der Waals surface area contributed by atoms with Crippen molar-refractivity contribution >= 4 is 296 Å². The van der Waals surface area contributed by atoms with Crippen LogP contribution in [-0.4, -0.2) is 296 Å². The van der Waals surface area contributed by atoms with Gasteiger partial charge >= 0.3 is 0 Å². The van der Waals surface area contributed by atoms with Gasteiger partial charge in [0.25, 0.3) is 0 Å². The average molecular weight is 230 g/mol. The van der Waals surface area contributed by atoms with Gasteiger partial charge in [0, 0.05) is 296 Å². The minimum absolute atomic E-state index is 0. The van der Waals surface area contributed by atoms with Crippen molar-refractivity contribution in [2.75, 3.05) is 0 Å². The molecule has 0 saturated carbocycles.